The van der Waals surface area contributed by atoms with Crippen molar-refractivity contribution in [1.82, 2.24) is 0 Å². The molecule has 0 heterocycles. The molecule has 2 rings (SSSR count). The normalized spacial score (nSPS) is 27.2. The van der Waals surface area contributed by atoms with Gasteiger partial charge < -0.3 is 10.2 Å². The van der Waals surface area contributed by atoms with Crippen molar-refractivity contribution in [2.45, 2.75) is 36.2 Å². The quantitative estimate of drug-likeness (QED) is 0.820. The van der Waals surface area contributed by atoms with Crippen LogP contribution >= 0.6 is 27.7 Å². The fraction of sp³-hybridized carbons (Fsp3) is 0.500. The van der Waals surface area contributed by atoms with Gasteiger partial charge in [-0.15, -0.1) is 11.8 Å². The number of thioether (sulfide) groups is 1. The topological polar surface area (TPSA) is 57.5 Å². The van der Waals surface area contributed by atoms with Gasteiger partial charge in [0.15, 0.2) is 0 Å². The average Bonchev–Trinajstić information content (AvgIpc) is 2.39. The van der Waals surface area contributed by atoms with E-state index in [4.69, 9.17) is 5.11 Å². The second-order valence-electron chi connectivity index (χ2n) is 5.08. The van der Waals surface area contributed by atoms with Crippen molar-refractivity contribution in [3.05, 3.63) is 28.7 Å². The summed E-state index contributed by atoms with van der Waals surface area (Å²) in [5, 5.41) is 19.4. The highest BCUT2D eigenvalue weighted by molar-refractivity contribution is 9.10. The summed E-state index contributed by atoms with van der Waals surface area (Å²) in [4.78, 5) is 12.0. The molecule has 0 spiro atoms. The lowest BCUT2D eigenvalue weighted by molar-refractivity contribution is -0.144. The van der Waals surface area contributed by atoms with Crippen LogP contribution in [0.3, 0.4) is 0 Å². The summed E-state index contributed by atoms with van der Waals surface area (Å²) in [6.45, 7) is 0. The van der Waals surface area contributed by atoms with Crippen LogP contribution in [0.5, 0.6) is 0 Å². The first-order chi connectivity index (χ1) is 8.98. The molecule has 1 aliphatic rings. The predicted octanol–water partition coefficient (Wildman–Crippen LogP) is 3.55. The molecule has 1 aliphatic carbocycles. The van der Waals surface area contributed by atoms with Crippen molar-refractivity contribution in [2.75, 3.05) is 5.75 Å². The van der Waals surface area contributed by atoms with Crippen molar-refractivity contribution in [1.29, 1.82) is 0 Å². The highest BCUT2D eigenvalue weighted by Gasteiger charge is 2.35. The molecular formula is C14H17BrO3S. The third-order valence-corrected chi connectivity index (χ3v) is 5.40. The first kappa shape index (κ1) is 14.9. The van der Waals surface area contributed by atoms with Gasteiger partial charge in [0.2, 0.25) is 0 Å². The predicted molar refractivity (Wildman–Crippen MR) is 79.4 cm³/mol. The maximum Gasteiger partial charge on any atom is 0.306 e. The molecule has 1 aromatic carbocycles. The Bertz CT molecular complexity index is 439. The van der Waals surface area contributed by atoms with Gasteiger partial charge in [-0.25, -0.2) is 0 Å². The monoisotopic (exact) mass is 344 g/mol. The van der Waals surface area contributed by atoms with Crippen LogP contribution in [0, 0.1) is 5.92 Å². The molecule has 0 aromatic heterocycles. The second-order valence-corrected chi connectivity index (χ2v) is 7.04. The van der Waals surface area contributed by atoms with Crippen LogP contribution in [0.2, 0.25) is 0 Å². The van der Waals surface area contributed by atoms with Gasteiger partial charge in [-0.2, -0.15) is 0 Å². The van der Waals surface area contributed by atoms with E-state index in [1.165, 1.54) is 0 Å². The summed E-state index contributed by atoms with van der Waals surface area (Å²) in [6.07, 6.45) is 2.31. The SMILES string of the molecule is O=C(O)C1CCC(O)(CSc2ccc(Br)cc2)CC1. The van der Waals surface area contributed by atoms with E-state index in [0.29, 0.717) is 31.4 Å². The number of halogens is 1. The maximum absolute atomic E-state index is 10.9. The minimum absolute atomic E-state index is 0.280. The minimum Gasteiger partial charge on any atom is -0.481 e. The molecule has 0 bridgehead atoms. The Kier molecular flexibility index (Phi) is 4.92. The molecule has 0 amide bonds. The molecule has 1 aromatic rings. The number of aliphatic carboxylic acids is 1. The zero-order valence-electron chi connectivity index (χ0n) is 10.5. The molecule has 0 atom stereocenters. The number of aliphatic hydroxyl groups is 1. The summed E-state index contributed by atoms with van der Waals surface area (Å²) in [7, 11) is 0. The summed E-state index contributed by atoms with van der Waals surface area (Å²) < 4.78 is 1.04. The van der Waals surface area contributed by atoms with Gasteiger partial charge in [0, 0.05) is 15.1 Å². The zero-order chi connectivity index (χ0) is 13.9. The highest BCUT2D eigenvalue weighted by Crippen LogP contribution is 2.36. The Hall–Kier alpha value is -0.520. The molecule has 1 fully saturated rings. The molecule has 3 nitrogen and oxygen atoms in total. The van der Waals surface area contributed by atoms with Crippen LogP contribution in [0.25, 0.3) is 0 Å². The van der Waals surface area contributed by atoms with Gasteiger partial charge in [0.1, 0.15) is 0 Å². The van der Waals surface area contributed by atoms with Crippen LogP contribution in [0.15, 0.2) is 33.6 Å². The molecule has 2 N–H and O–H groups in total. The van der Waals surface area contributed by atoms with Crippen molar-refractivity contribution in [3.63, 3.8) is 0 Å². The molecule has 104 valence electrons. The van der Waals surface area contributed by atoms with Crippen LogP contribution in [-0.2, 0) is 4.79 Å². The fourth-order valence-electron chi connectivity index (χ4n) is 2.29. The van der Waals surface area contributed by atoms with E-state index in [-0.39, 0.29) is 5.92 Å². The Labute approximate surface area is 125 Å². The van der Waals surface area contributed by atoms with Crippen LogP contribution < -0.4 is 0 Å². The summed E-state index contributed by atoms with van der Waals surface area (Å²) in [6, 6.07) is 7.99. The second kappa shape index (κ2) is 6.29. The average molecular weight is 345 g/mol. The van der Waals surface area contributed by atoms with Crippen molar-refractivity contribution >= 4 is 33.7 Å². The van der Waals surface area contributed by atoms with E-state index >= 15 is 0 Å². The standard InChI is InChI=1S/C14H17BrO3S/c15-11-1-3-12(4-2-11)19-9-14(18)7-5-10(6-8-14)13(16)17/h1-4,10,18H,5-9H2,(H,16,17). The smallest absolute Gasteiger partial charge is 0.306 e. The van der Waals surface area contributed by atoms with E-state index in [0.717, 1.165) is 9.37 Å². The number of carboxylic acid groups (broad SMARTS) is 1. The van der Waals surface area contributed by atoms with Crippen LogP contribution in [0.1, 0.15) is 25.7 Å². The van der Waals surface area contributed by atoms with E-state index in [2.05, 4.69) is 15.9 Å². The van der Waals surface area contributed by atoms with Crippen molar-refractivity contribution in [3.8, 4) is 0 Å². The van der Waals surface area contributed by atoms with E-state index in [1.54, 1.807) is 11.8 Å². The Morgan fingerprint density at radius 1 is 1.32 bits per heavy atom. The number of carbonyl (C=O) groups is 1. The van der Waals surface area contributed by atoms with Gasteiger partial charge in [0.05, 0.1) is 11.5 Å². The summed E-state index contributed by atoms with van der Waals surface area (Å²) in [5.74, 6) is -0.387. The molecule has 0 radical (unpaired) electrons. The van der Waals surface area contributed by atoms with E-state index in [9.17, 15) is 9.90 Å². The van der Waals surface area contributed by atoms with Gasteiger partial charge in [-0.05, 0) is 49.9 Å². The van der Waals surface area contributed by atoms with E-state index < -0.39 is 11.6 Å². The van der Waals surface area contributed by atoms with E-state index in [1.807, 2.05) is 24.3 Å². The number of benzene rings is 1. The lowest BCUT2D eigenvalue weighted by atomic mass is 9.80. The number of hydrogen-bond acceptors (Lipinski definition) is 3. The van der Waals surface area contributed by atoms with Gasteiger partial charge in [0.25, 0.3) is 0 Å². The third-order valence-electron chi connectivity index (χ3n) is 3.59. The molecule has 0 saturated heterocycles. The lowest BCUT2D eigenvalue weighted by Gasteiger charge is -2.34. The first-order valence-electron chi connectivity index (χ1n) is 6.32. The lowest BCUT2D eigenvalue weighted by Crippen LogP contribution is -2.38. The highest BCUT2D eigenvalue weighted by atomic mass is 79.9. The molecule has 19 heavy (non-hydrogen) atoms. The zero-order valence-corrected chi connectivity index (χ0v) is 12.9. The van der Waals surface area contributed by atoms with Gasteiger partial charge >= 0.3 is 5.97 Å². The molecule has 1 saturated carbocycles. The summed E-state index contributed by atoms with van der Waals surface area (Å²) >= 11 is 5.02. The molecular weight excluding hydrogens is 328 g/mol. The number of hydrogen-bond donors (Lipinski definition) is 2. The van der Waals surface area contributed by atoms with Crippen molar-refractivity contribution in [2.24, 2.45) is 5.92 Å². The maximum atomic E-state index is 10.9. The third kappa shape index (κ3) is 4.23. The fourth-order valence-corrected chi connectivity index (χ4v) is 3.61. The number of rotatable bonds is 4. The minimum atomic E-state index is -0.734. The first-order valence-corrected chi connectivity index (χ1v) is 8.10. The Morgan fingerprint density at radius 2 is 1.89 bits per heavy atom. The number of carboxylic acids is 1. The Morgan fingerprint density at radius 3 is 2.42 bits per heavy atom. The summed E-state index contributed by atoms with van der Waals surface area (Å²) in [5.41, 5.74) is -0.719. The molecule has 5 heteroatoms. The molecule has 0 unspecified atom stereocenters. The van der Waals surface area contributed by atoms with Crippen LogP contribution in [-0.4, -0.2) is 27.5 Å². The van der Waals surface area contributed by atoms with Crippen LogP contribution in [0.4, 0.5) is 0 Å². The largest absolute Gasteiger partial charge is 0.481 e. The molecule has 0 aliphatic heterocycles. The van der Waals surface area contributed by atoms with Gasteiger partial charge in [-0.3, -0.25) is 4.79 Å². The van der Waals surface area contributed by atoms with Crippen molar-refractivity contribution < 1.29 is 15.0 Å². The van der Waals surface area contributed by atoms with Gasteiger partial charge in [-0.1, -0.05) is 15.9 Å². The Balaban J connectivity index is 1.86.